The Labute approximate surface area is 135 Å². The minimum absolute atomic E-state index is 0.00681. The molecule has 24 heavy (non-hydrogen) atoms. The summed E-state index contributed by atoms with van der Waals surface area (Å²) in [5, 5.41) is 6.35. The third kappa shape index (κ3) is 3.07. The van der Waals surface area contributed by atoms with Crippen molar-refractivity contribution in [1.82, 2.24) is 15.5 Å². The second-order valence-electron chi connectivity index (χ2n) is 4.94. The highest BCUT2D eigenvalue weighted by atomic mass is 19.2. The molecule has 0 fully saturated rings. The number of hydrogen-bond acceptors (Lipinski definition) is 5. The number of carbonyl (C=O) groups is 1. The lowest BCUT2D eigenvalue weighted by Crippen LogP contribution is -2.24. The zero-order chi connectivity index (χ0) is 17.1. The van der Waals surface area contributed by atoms with Gasteiger partial charge in [0.15, 0.2) is 11.6 Å². The molecule has 0 aliphatic heterocycles. The Kier molecular flexibility index (Phi) is 4.19. The highest BCUT2D eigenvalue weighted by Gasteiger charge is 2.22. The molecule has 3 rings (SSSR count). The Morgan fingerprint density at radius 1 is 1.25 bits per heavy atom. The number of aromatic nitrogens is 2. The highest BCUT2D eigenvalue weighted by Crippen LogP contribution is 2.26. The molecule has 8 heteroatoms. The molecule has 2 aromatic heterocycles. The summed E-state index contributed by atoms with van der Waals surface area (Å²) in [5.41, 5.74) is 6.96. The van der Waals surface area contributed by atoms with Crippen LogP contribution in [0.15, 0.2) is 47.2 Å². The van der Waals surface area contributed by atoms with Crippen LogP contribution in [0.3, 0.4) is 0 Å². The zero-order valence-electron chi connectivity index (χ0n) is 12.3. The number of nitrogens with one attached hydrogen (secondary N) is 1. The van der Waals surface area contributed by atoms with E-state index in [1.165, 1.54) is 12.3 Å². The molecule has 6 nitrogen and oxygen atoms in total. The Balaban J connectivity index is 1.80. The molecule has 0 radical (unpaired) electrons. The Bertz CT molecular complexity index is 881. The van der Waals surface area contributed by atoms with Gasteiger partial charge in [-0.3, -0.25) is 9.78 Å². The largest absolute Gasteiger partial charge is 0.367 e. The molecule has 0 saturated heterocycles. The zero-order valence-corrected chi connectivity index (χ0v) is 12.3. The van der Waals surface area contributed by atoms with Crippen molar-refractivity contribution in [3.8, 4) is 11.3 Å². The van der Waals surface area contributed by atoms with Gasteiger partial charge < -0.3 is 15.6 Å². The van der Waals surface area contributed by atoms with E-state index in [1.54, 1.807) is 18.3 Å². The monoisotopic (exact) mass is 330 g/mol. The summed E-state index contributed by atoms with van der Waals surface area (Å²) in [7, 11) is 0. The van der Waals surface area contributed by atoms with Gasteiger partial charge in [-0.25, -0.2) is 8.78 Å². The summed E-state index contributed by atoms with van der Waals surface area (Å²) in [6, 6.07) is 6.76. The fraction of sp³-hybridized carbons (Fsp3) is 0.0625. The average Bonchev–Trinajstić information content (AvgIpc) is 2.98. The van der Waals surface area contributed by atoms with Crippen LogP contribution in [0.25, 0.3) is 11.3 Å². The lowest BCUT2D eigenvalue weighted by molar-refractivity contribution is 0.0952. The summed E-state index contributed by atoms with van der Waals surface area (Å²) in [4.78, 5) is 16.3. The molecule has 0 spiro atoms. The maximum Gasteiger partial charge on any atom is 0.259 e. The summed E-state index contributed by atoms with van der Waals surface area (Å²) < 4.78 is 31.0. The molecule has 1 amide bonds. The van der Waals surface area contributed by atoms with Crippen LogP contribution in [0.4, 0.5) is 14.7 Å². The molecule has 1 aromatic carbocycles. The number of nitrogen functional groups attached to an aromatic ring is 1. The van der Waals surface area contributed by atoms with Crippen molar-refractivity contribution >= 4 is 11.8 Å². The molecule has 122 valence electrons. The van der Waals surface area contributed by atoms with Crippen LogP contribution in [-0.4, -0.2) is 16.0 Å². The number of pyridine rings is 1. The summed E-state index contributed by atoms with van der Waals surface area (Å²) in [6.07, 6.45) is 3.10. The number of anilines is 1. The predicted molar refractivity (Wildman–Crippen MR) is 81.7 cm³/mol. The van der Waals surface area contributed by atoms with E-state index in [2.05, 4.69) is 15.5 Å². The second-order valence-corrected chi connectivity index (χ2v) is 4.94. The number of halogens is 2. The normalized spacial score (nSPS) is 10.6. The maximum atomic E-state index is 13.2. The minimum atomic E-state index is -0.984. The van der Waals surface area contributed by atoms with Crippen LogP contribution in [0.1, 0.15) is 15.9 Å². The first-order valence-electron chi connectivity index (χ1n) is 6.94. The van der Waals surface area contributed by atoms with E-state index in [4.69, 9.17) is 10.3 Å². The second kappa shape index (κ2) is 6.45. The van der Waals surface area contributed by atoms with Crippen LogP contribution < -0.4 is 11.1 Å². The Hall–Kier alpha value is -3.29. The van der Waals surface area contributed by atoms with Gasteiger partial charge in [0.05, 0.1) is 0 Å². The first-order valence-corrected chi connectivity index (χ1v) is 6.94. The number of benzene rings is 1. The third-order valence-corrected chi connectivity index (χ3v) is 3.32. The van der Waals surface area contributed by atoms with Crippen LogP contribution in [-0.2, 0) is 6.54 Å². The molecule has 0 atom stereocenters. The number of carbonyl (C=O) groups excluding carboxylic acids is 1. The fourth-order valence-electron chi connectivity index (χ4n) is 2.14. The number of nitrogens with zero attached hydrogens (tertiary/aromatic N) is 2. The standard InChI is InChI=1S/C16H12F2N4O2/c17-11-4-3-9(6-12(11)18)7-21-16(23)13-14(22-24-15(13)19)10-2-1-5-20-8-10/h1-6,8H,7,19H2,(H,21,23). The highest BCUT2D eigenvalue weighted by molar-refractivity contribution is 6.03. The molecule has 0 aliphatic carbocycles. The molecule has 0 saturated carbocycles. The van der Waals surface area contributed by atoms with Crippen molar-refractivity contribution in [2.75, 3.05) is 5.73 Å². The van der Waals surface area contributed by atoms with E-state index in [1.807, 2.05) is 0 Å². The van der Waals surface area contributed by atoms with Crippen LogP contribution in [0, 0.1) is 11.6 Å². The fourth-order valence-corrected chi connectivity index (χ4v) is 2.14. The van der Waals surface area contributed by atoms with Crippen molar-refractivity contribution in [2.45, 2.75) is 6.54 Å². The number of hydrogen-bond donors (Lipinski definition) is 2. The first-order chi connectivity index (χ1) is 11.6. The lowest BCUT2D eigenvalue weighted by Gasteiger charge is -2.06. The molecule has 0 unspecified atom stereocenters. The van der Waals surface area contributed by atoms with Crippen LogP contribution in [0.5, 0.6) is 0 Å². The van der Waals surface area contributed by atoms with E-state index in [9.17, 15) is 13.6 Å². The molecule has 3 N–H and O–H groups in total. The van der Waals surface area contributed by atoms with Gasteiger partial charge in [0, 0.05) is 24.5 Å². The van der Waals surface area contributed by atoms with E-state index in [0.717, 1.165) is 12.1 Å². The van der Waals surface area contributed by atoms with Gasteiger partial charge in [-0.2, -0.15) is 0 Å². The van der Waals surface area contributed by atoms with Crippen molar-refractivity contribution in [3.63, 3.8) is 0 Å². The quantitative estimate of drug-likeness (QED) is 0.766. The van der Waals surface area contributed by atoms with Gasteiger partial charge in [-0.1, -0.05) is 11.2 Å². The lowest BCUT2D eigenvalue weighted by atomic mass is 10.1. The van der Waals surface area contributed by atoms with E-state index >= 15 is 0 Å². The van der Waals surface area contributed by atoms with E-state index < -0.39 is 17.5 Å². The van der Waals surface area contributed by atoms with Gasteiger partial charge in [0.25, 0.3) is 5.91 Å². The molecule has 0 aliphatic rings. The number of amides is 1. The van der Waals surface area contributed by atoms with Crippen molar-refractivity contribution in [1.29, 1.82) is 0 Å². The SMILES string of the molecule is Nc1onc(-c2cccnc2)c1C(=O)NCc1ccc(F)c(F)c1. The van der Waals surface area contributed by atoms with Crippen LogP contribution >= 0.6 is 0 Å². The first kappa shape index (κ1) is 15.6. The van der Waals surface area contributed by atoms with Gasteiger partial charge in [-0.05, 0) is 29.8 Å². The molecule has 0 bridgehead atoms. The van der Waals surface area contributed by atoms with Crippen molar-refractivity contribution < 1.29 is 18.1 Å². The summed E-state index contributed by atoms with van der Waals surface area (Å²) >= 11 is 0. The summed E-state index contributed by atoms with van der Waals surface area (Å²) in [6.45, 7) is -0.00681. The van der Waals surface area contributed by atoms with Gasteiger partial charge >= 0.3 is 0 Å². The van der Waals surface area contributed by atoms with E-state index in [-0.39, 0.29) is 23.7 Å². The Morgan fingerprint density at radius 2 is 2.08 bits per heavy atom. The van der Waals surface area contributed by atoms with Gasteiger partial charge in [-0.15, -0.1) is 0 Å². The molecular weight excluding hydrogens is 318 g/mol. The minimum Gasteiger partial charge on any atom is -0.367 e. The smallest absolute Gasteiger partial charge is 0.259 e. The van der Waals surface area contributed by atoms with Crippen LogP contribution in [0.2, 0.25) is 0 Å². The number of nitrogens with two attached hydrogens (primary N) is 1. The Morgan fingerprint density at radius 3 is 2.79 bits per heavy atom. The molecule has 3 aromatic rings. The average molecular weight is 330 g/mol. The van der Waals surface area contributed by atoms with Gasteiger partial charge in [0.1, 0.15) is 11.3 Å². The topological polar surface area (TPSA) is 94.0 Å². The third-order valence-electron chi connectivity index (χ3n) is 3.32. The van der Waals surface area contributed by atoms with Crippen molar-refractivity contribution in [3.05, 3.63) is 65.5 Å². The van der Waals surface area contributed by atoms with E-state index in [0.29, 0.717) is 11.1 Å². The van der Waals surface area contributed by atoms with Gasteiger partial charge in [0.2, 0.25) is 5.88 Å². The molecular formula is C16H12F2N4O2. The number of rotatable bonds is 4. The summed E-state index contributed by atoms with van der Waals surface area (Å²) in [5.74, 6) is -2.62. The maximum absolute atomic E-state index is 13.2. The van der Waals surface area contributed by atoms with Crippen molar-refractivity contribution in [2.24, 2.45) is 0 Å². The molecule has 2 heterocycles. The predicted octanol–water partition coefficient (Wildman–Crippen LogP) is 2.53.